The number of hydrogen-bond acceptors (Lipinski definition) is 4. The zero-order valence-corrected chi connectivity index (χ0v) is 39.8. The fourth-order valence-electron chi connectivity index (χ4n) is 9.33. The summed E-state index contributed by atoms with van der Waals surface area (Å²) >= 11 is 0. The van der Waals surface area contributed by atoms with Gasteiger partial charge in [0, 0.05) is 45.8 Å². The lowest BCUT2D eigenvalue weighted by molar-refractivity contribution is 0.568. The molecule has 0 fully saturated rings. The highest BCUT2D eigenvalue weighted by atomic mass is 16.3. The van der Waals surface area contributed by atoms with Gasteiger partial charge in [0.2, 0.25) is 5.89 Å². The number of nitrogens with zero attached hydrogens (tertiary/aromatic N) is 3. The van der Waals surface area contributed by atoms with Crippen molar-refractivity contribution in [3.8, 4) is 11.5 Å². The fraction of sp³-hybridized carbons (Fsp3) is 0.351. The minimum atomic E-state index is -0.0576. The normalized spacial score (nSPS) is 14.3. The van der Waals surface area contributed by atoms with Gasteiger partial charge in [-0.2, -0.15) is 0 Å². The van der Waals surface area contributed by atoms with Crippen LogP contribution in [0.15, 0.2) is 120 Å². The molecule has 316 valence electrons. The van der Waals surface area contributed by atoms with Crippen LogP contribution in [0.2, 0.25) is 0 Å². The predicted octanol–water partition coefficient (Wildman–Crippen LogP) is 14.1. The fourth-order valence-corrected chi connectivity index (χ4v) is 9.33. The highest BCUT2D eigenvalue weighted by Crippen LogP contribution is 2.47. The summed E-state index contributed by atoms with van der Waals surface area (Å²) in [4.78, 5) is 10.3. The van der Waals surface area contributed by atoms with Crippen molar-refractivity contribution in [2.24, 2.45) is 0 Å². The summed E-state index contributed by atoms with van der Waals surface area (Å²) < 4.78 is 6.78. The van der Waals surface area contributed by atoms with Gasteiger partial charge in [-0.3, -0.25) is 0 Å². The largest absolute Gasteiger partial charge is 0.436 e. The maximum absolute atomic E-state index is 6.78. The van der Waals surface area contributed by atoms with Gasteiger partial charge < -0.3 is 14.2 Å². The molecule has 0 bridgehead atoms. The summed E-state index contributed by atoms with van der Waals surface area (Å²) in [6.45, 7) is 34.5. The Morgan fingerprint density at radius 2 is 0.903 bits per heavy atom. The average molecular weight is 818 g/mol. The summed E-state index contributed by atoms with van der Waals surface area (Å²) in [7, 11) is 0. The molecule has 9 rings (SSSR count). The standard InChI is InChI=1S/C57H64BN3O/c1-53(2,3)36-21-19-35(20-22-36)52-59-45-33-44-49(34-50(45)62-52)61(42-30-39(56(10,11)12)29-40(31-42)57(13,14)15)48-18-16-17-47-51(48)58(44)43-32-38(55(7,8)9)25-28-46(43)60(47)41-26-23-37(24-27-41)54(4,5)6/h16-34H,1-15H3. The van der Waals surface area contributed by atoms with Gasteiger partial charge in [-0.05, 0) is 132 Å². The number of fused-ring (bicyclic) bond motifs is 5. The smallest absolute Gasteiger partial charge is 0.252 e. The first-order valence-corrected chi connectivity index (χ1v) is 22.6. The van der Waals surface area contributed by atoms with E-state index in [9.17, 15) is 0 Å². The molecule has 0 atom stereocenters. The number of rotatable bonds is 3. The van der Waals surface area contributed by atoms with Crippen LogP contribution in [0.5, 0.6) is 0 Å². The Balaban J connectivity index is 1.35. The first kappa shape index (κ1) is 41.8. The van der Waals surface area contributed by atoms with Gasteiger partial charge in [0.25, 0.3) is 6.71 Å². The quantitative estimate of drug-likeness (QED) is 0.166. The van der Waals surface area contributed by atoms with Gasteiger partial charge in [0.1, 0.15) is 5.52 Å². The Kier molecular flexibility index (Phi) is 9.42. The van der Waals surface area contributed by atoms with Crippen molar-refractivity contribution in [2.75, 3.05) is 9.80 Å². The van der Waals surface area contributed by atoms with Crippen LogP contribution >= 0.6 is 0 Å². The zero-order chi connectivity index (χ0) is 44.5. The van der Waals surface area contributed by atoms with Crippen LogP contribution in [0.25, 0.3) is 22.6 Å². The van der Waals surface area contributed by atoms with E-state index in [1.54, 1.807) is 0 Å². The maximum Gasteiger partial charge on any atom is 0.252 e. The summed E-state index contributed by atoms with van der Waals surface area (Å²) in [6, 6.07) is 43.9. The highest BCUT2D eigenvalue weighted by molar-refractivity contribution is 7.00. The molecule has 1 aromatic heterocycles. The Morgan fingerprint density at radius 3 is 1.44 bits per heavy atom. The third kappa shape index (κ3) is 7.16. The summed E-state index contributed by atoms with van der Waals surface area (Å²) in [5, 5.41) is 0. The minimum absolute atomic E-state index is 0.0399. The third-order valence-corrected chi connectivity index (χ3v) is 13.3. The summed E-state index contributed by atoms with van der Waals surface area (Å²) in [6.07, 6.45) is 0. The molecule has 62 heavy (non-hydrogen) atoms. The molecule has 0 saturated heterocycles. The lowest BCUT2D eigenvalue weighted by Crippen LogP contribution is -2.61. The van der Waals surface area contributed by atoms with Gasteiger partial charge in [-0.1, -0.05) is 152 Å². The monoisotopic (exact) mass is 818 g/mol. The molecule has 0 N–H and O–H groups in total. The second-order valence-electron chi connectivity index (χ2n) is 23.1. The van der Waals surface area contributed by atoms with Crippen LogP contribution in [0, 0.1) is 0 Å². The van der Waals surface area contributed by atoms with E-state index < -0.39 is 0 Å². The number of benzene rings is 6. The van der Waals surface area contributed by atoms with E-state index in [1.165, 1.54) is 61.3 Å². The molecule has 0 unspecified atom stereocenters. The molecule has 5 heteroatoms. The lowest BCUT2D eigenvalue weighted by Gasteiger charge is -2.44. The number of anilines is 6. The Hall–Kier alpha value is -5.55. The molecule has 0 radical (unpaired) electrons. The van der Waals surface area contributed by atoms with E-state index >= 15 is 0 Å². The van der Waals surface area contributed by atoms with Crippen molar-refractivity contribution < 1.29 is 4.42 Å². The highest BCUT2D eigenvalue weighted by Gasteiger charge is 2.44. The molecule has 6 aromatic carbocycles. The van der Waals surface area contributed by atoms with Gasteiger partial charge >= 0.3 is 0 Å². The van der Waals surface area contributed by atoms with Crippen molar-refractivity contribution in [3.63, 3.8) is 0 Å². The van der Waals surface area contributed by atoms with Gasteiger partial charge in [0.05, 0.1) is 0 Å². The number of hydrogen-bond donors (Lipinski definition) is 0. The molecular formula is C57H64BN3O. The van der Waals surface area contributed by atoms with Crippen LogP contribution in [0.1, 0.15) is 132 Å². The predicted molar refractivity (Wildman–Crippen MR) is 267 cm³/mol. The number of oxazole rings is 1. The van der Waals surface area contributed by atoms with E-state index in [0.29, 0.717) is 5.89 Å². The van der Waals surface area contributed by atoms with Crippen molar-refractivity contribution in [2.45, 2.75) is 131 Å². The zero-order valence-electron chi connectivity index (χ0n) is 39.8. The summed E-state index contributed by atoms with van der Waals surface area (Å²) in [5.74, 6) is 0.640. The molecule has 0 spiro atoms. The number of aromatic nitrogens is 1. The Labute approximate surface area is 371 Å². The van der Waals surface area contributed by atoms with Crippen LogP contribution in [-0.4, -0.2) is 11.7 Å². The molecule has 7 aromatic rings. The average Bonchev–Trinajstić information content (AvgIpc) is 3.61. The van der Waals surface area contributed by atoms with Gasteiger partial charge in [-0.25, -0.2) is 4.98 Å². The lowest BCUT2D eigenvalue weighted by atomic mass is 9.33. The van der Waals surface area contributed by atoms with Crippen molar-refractivity contribution >= 4 is 68.3 Å². The second-order valence-corrected chi connectivity index (χ2v) is 23.1. The van der Waals surface area contributed by atoms with E-state index in [0.717, 1.165) is 33.7 Å². The van der Waals surface area contributed by atoms with E-state index in [-0.39, 0.29) is 33.8 Å². The van der Waals surface area contributed by atoms with Crippen LogP contribution in [-0.2, 0) is 27.1 Å². The Bertz CT molecular complexity index is 2830. The van der Waals surface area contributed by atoms with Gasteiger partial charge in [-0.15, -0.1) is 0 Å². The molecule has 0 amide bonds. The maximum atomic E-state index is 6.78. The summed E-state index contributed by atoms with van der Waals surface area (Å²) in [5.41, 5.74) is 20.0. The topological polar surface area (TPSA) is 32.5 Å². The van der Waals surface area contributed by atoms with Crippen LogP contribution < -0.4 is 26.2 Å². The first-order chi connectivity index (χ1) is 28.9. The molecular weight excluding hydrogens is 753 g/mol. The van der Waals surface area contributed by atoms with Crippen LogP contribution in [0.4, 0.5) is 34.1 Å². The first-order valence-electron chi connectivity index (χ1n) is 22.6. The molecule has 0 saturated carbocycles. The molecule has 3 heterocycles. The van der Waals surface area contributed by atoms with E-state index in [2.05, 4.69) is 229 Å². The minimum Gasteiger partial charge on any atom is -0.436 e. The van der Waals surface area contributed by atoms with E-state index in [1.807, 2.05) is 0 Å². The van der Waals surface area contributed by atoms with Gasteiger partial charge in [0.15, 0.2) is 5.58 Å². The SMILES string of the molecule is CC(C)(C)c1ccc(-c2nc3cc4c(cc3o2)N(c2cc(C(C)(C)C)cc(C(C)(C)C)c2)c2cccc3c2B4c2cc(C(C)(C)C)ccc2N3c2ccc(C(C)(C)C)cc2)cc1. The molecule has 2 aliphatic heterocycles. The van der Waals surface area contributed by atoms with Crippen molar-refractivity contribution in [1.29, 1.82) is 0 Å². The third-order valence-electron chi connectivity index (χ3n) is 13.3. The van der Waals surface area contributed by atoms with E-state index in [4.69, 9.17) is 9.40 Å². The van der Waals surface area contributed by atoms with Crippen LogP contribution in [0.3, 0.4) is 0 Å². The Morgan fingerprint density at radius 1 is 0.419 bits per heavy atom. The second kappa shape index (κ2) is 14.0. The van der Waals surface area contributed by atoms with Crippen molar-refractivity contribution in [3.05, 3.63) is 143 Å². The molecule has 0 aliphatic carbocycles. The molecule has 2 aliphatic rings. The molecule has 4 nitrogen and oxygen atoms in total. The van der Waals surface area contributed by atoms with Crippen molar-refractivity contribution in [1.82, 2.24) is 4.98 Å².